The van der Waals surface area contributed by atoms with Crippen LogP contribution in [0.4, 0.5) is 0 Å². The molecule has 0 aliphatic heterocycles. The SMILES string of the molecule is O=C(N[C@@H](CS)C(=O)O)c1ccc(COc2cccnc2)cc1-c1ccccc1.[Na].[Na]. The van der Waals surface area contributed by atoms with E-state index in [9.17, 15) is 14.7 Å². The largest absolute Gasteiger partial charge is 0.487 e. The molecule has 2 aromatic carbocycles. The third-order valence-electron chi connectivity index (χ3n) is 4.24. The molecule has 6 nitrogen and oxygen atoms in total. The van der Waals surface area contributed by atoms with Gasteiger partial charge in [-0.2, -0.15) is 12.6 Å². The predicted molar refractivity (Wildman–Crippen MR) is 125 cm³/mol. The van der Waals surface area contributed by atoms with E-state index < -0.39 is 17.9 Å². The Kier molecular flexibility index (Phi) is 12.5. The number of carbonyl (C=O) groups is 2. The molecule has 1 heterocycles. The van der Waals surface area contributed by atoms with Gasteiger partial charge in [-0.05, 0) is 41.0 Å². The van der Waals surface area contributed by atoms with Crippen LogP contribution in [0.3, 0.4) is 0 Å². The van der Waals surface area contributed by atoms with Crippen molar-refractivity contribution < 1.29 is 19.4 Å². The number of hydrogen-bond donors (Lipinski definition) is 3. The van der Waals surface area contributed by atoms with E-state index in [4.69, 9.17) is 4.74 Å². The molecular formula is C22H20N2Na2O4S. The molecule has 3 rings (SSSR count). The van der Waals surface area contributed by atoms with Gasteiger partial charge in [0, 0.05) is 76.6 Å². The number of aliphatic carboxylic acids is 1. The Morgan fingerprint density at radius 3 is 2.42 bits per heavy atom. The van der Waals surface area contributed by atoms with Crippen LogP contribution in [-0.2, 0) is 11.4 Å². The second-order valence-electron chi connectivity index (χ2n) is 6.27. The van der Waals surface area contributed by atoms with E-state index >= 15 is 0 Å². The van der Waals surface area contributed by atoms with Crippen LogP contribution in [0.15, 0.2) is 73.1 Å². The summed E-state index contributed by atoms with van der Waals surface area (Å²) >= 11 is 4.00. The topological polar surface area (TPSA) is 88.5 Å². The van der Waals surface area contributed by atoms with Crippen molar-refractivity contribution in [1.82, 2.24) is 10.3 Å². The van der Waals surface area contributed by atoms with Gasteiger partial charge in [0.15, 0.2) is 0 Å². The first-order valence-electron chi connectivity index (χ1n) is 8.94. The monoisotopic (exact) mass is 454 g/mol. The zero-order valence-corrected chi connectivity index (χ0v) is 22.4. The van der Waals surface area contributed by atoms with Gasteiger partial charge in [-0.3, -0.25) is 9.78 Å². The molecule has 9 heteroatoms. The minimum absolute atomic E-state index is 0. The summed E-state index contributed by atoms with van der Waals surface area (Å²) in [5.41, 5.74) is 2.79. The minimum Gasteiger partial charge on any atom is -0.487 e. The molecule has 0 bridgehead atoms. The Balaban J connectivity index is 0.00000240. The molecule has 1 atom stereocenters. The van der Waals surface area contributed by atoms with Gasteiger partial charge in [0.1, 0.15) is 18.4 Å². The van der Waals surface area contributed by atoms with Crippen LogP contribution < -0.4 is 10.1 Å². The normalized spacial score (nSPS) is 10.7. The number of pyridine rings is 1. The fourth-order valence-corrected chi connectivity index (χ4v) is 3.00. The van der Waals surface area contributed by atoms with E-state index in [0.29, 0.717) is 23.5 Å². The molecular weight excluding hydrogens is 434 g/mol. The zero-order chi connectivity index (χ0) is 20.6. The summed E-state index contributed by atoms with van der Waals surface area (Å²) in [7, 11) is 0. The standard InChI is InChI=1S/C22H20N2O4S.2Na/c25-21(24-20(14-29)22(26)27)18-9-8-15(13-28-17-7-4-10-23-12-17)11-19(18)16-5-2-1-3-6-16;;/h1-12,20,29H,13-14H2,(H,24,25)(H,26,27);;/t20-;;/m0../s1. The van der Waals surface area contributed by atoms with E-state index in [1.165, 1.54) is 0 Å². The molecule has 0 unspecified atom stereocenters. The maximum Gasteiger partial charge on any atom is 0.327 e. The van der Waals surface area contributed by atoms with Gasteiger partial charge >= 0.3 is 5.97 Å². The van der Waals surface area contributed by atoms with Crippen molar-refractivity contribution >= 4 is 83.6 Å². The number of carboxylic acid groups (broad SMARTS) is 1. The van der Waals surface area contributed by atoms with Gasteiger partial charge < -0.3 is 15.2 Å². The summed E-state index contributed by atoms with van der Waals surface area (Å²) in [6.07, 6.45) is 3.30. The molecule has 3 aromatic rings. The number of hydrogen-bond acceptors (Lipinski definition) is 5. The van der Waals surface area contributed by atoms with Crippen LogP contribution in [0.5, 0.6) is 5.75 Å². The molecule has 0 aliphatic rings. The number of carbonyl (C=O) groups excluding carboxylic acids is 1. The number of benzene rings is 2. The van der Waals surface area contributed by atoms with Crippen LogP contribution in [0, 0.1) is 0 Å². The number of carboxylic acids is 1. The van der Waals surface area contributed by atoms with Crippen LogP contribution in [0.2, 0.25) is 0 Å². The fraction of sp³-hybridized carbons (Fsp3) is 0.136. The quantitative estimate of drug-likeness (QED) is 0.360. The number of amides is 1. The average Bonchev–Trinajstić information content (AvgIpc) is 2.76. The van der Waals surface area contributed by atoms with Crippen LogP contribution >= 0.6 is 12.6 Å². The van der Waals surface area contributed by atoms with Gasteiger partial charge in [-0.25, -0.2) is 4.79 Å². The van der Waals surface area contributed by atoms with Crippen molar-refractivity contribution in [3.8, 4) is 16.9 Å². The summed E-state index contributed by atoms with van der Waals surface area (Å²) in [5.74, 6) is -0.950. The summed E-state index contributed by atoms with van der Waals surface area (Å²) in [6, 6.07) is 17.3. The first-order valence-corrected chi connectivity index (χ1v) is 9.57. The molecule has 0 saturated heterocycles. The van der Waals surface area contributed by atoms with Crippen LogP contribution in [0.1, 0.15) is 15.9 Å². The summed E-state index contributed by atoms with van der Waals surface area (Å²) in [5, 5.41) is 11.7. The van der Waals surface area contributed by atoms with Crippen LogP contribution in [0.25, 0.3) is 11.1 Å². The van der Waals surface area contributed by atoms with Crippen molar-refractivity contribution in [1.29, 1.82) is 0 Å². The number of ether oxygens (including phenoxy) is 1. The molecule has 150 valence electrons. The Morgan fingerprint density at radius 1 is 1.06 bits per heavy atom. The number of aromatic nitrogens is 1. The van der Waals surface area contributed by atoms with E-state index in [0.717, 1.165) is 11.1 Å². The van der Waals surface area contributed by atoms with Crippen molar-refractivity contribution in [2.24, 2.45) is 0 Å². The first-order chi connectivity index (χ1) is 14.1. The van der Waals surface area contributed by atoms with Crippen molar-refractivity contribution in [3.05, 3.63) is 84.2 Å². The van der Waals surface area contributed by atoms with Gasteiger partial charge in [0.2, 0.25) is 0 Å². The number of nitrogens with one attached hydrogen (secondary N) is 1. The molecule has 0 aliphatic carbocycles. The van der Waals surface area contributed by atoms with E-state index in [2.05, 4.69) is 22.9 Å². The molecule has 1 amide bonds. The summed E-state index contributed by atoms with van der Waals surface area (Å²) in [4.78, 5) is 28.0. The molecule has 0 fully saturated rings. The average molecular weight is 454 g/mol. The fourth-order valence-electron chi connectivity index (χ4n) is 2.76. The molecule has 2 radical (unpaired) electrons. The van der Waals surface area contributed by atoms with Crippen molar-refractivity contribution in [3.63, 3.8) is 0 Å². The summed E-state index contributed by atoms with van der Waals surface area (Å²) in [6.45, 7) is 0.307. The number of rotatable bonds is 8. The molecule has 2 N–H and O–H groups in total. The van der Waals surface area contributed by atoms with E-state index in [1.54, 1.807) is 30.6 Å². The molecule has 0 spiro atoms. The van der Waals surface area contributed by atoms with E-state index in [1.807, 2.05) is 42.5 Å². The minimum atomic E-state index is -1.13. The van der Waals surface area contributed by atoms with Crippen molar-refractivity contribution in [2.75, 3.05) is 5.75 Å². The second-order valence-corrected chi connectivity index (χ2v) is 6.64. The summed E-state index contributed by atoms with van der Waals surface area (Å²) < 4.78 is 5.75. The predicted octanol–water partition coefficient (Wildman–Crippen LogP) is 2.68. The Morgan fingerprint density at radius 2 is 1.81 bits per heavy atom. The van der Waals surface area contributed by atoms with Gasteiger partial charge in [-0.15, -0.1) is 0 Å². The smallest absolute Gasteiger partial charge is 0.327 e. The first kappa shape index (κ1) is 27.7. The van der Waals surface area contributed by atoms with Crippen LogP contribution in [-0.4, -0.2) is 92.9 Å². The van der Waals surface area contributed by atoms with Gasteiger partial charge in [0.25, 0.3) is 5.91 Å². The maximum absolute atomic E-state index is 12.8. The Hall–Kier alpha value is -1.32. The van der Waals surface area contributed by atoms with Gasteiger partial charge in [-0.1, -0.05) is 36.4 Å². The number of nitrogens with zero attached hydrogens (tertiary/aromatic N) is 1. The zero-order valence-electron chi connectivity index (χ0n) is 17.5. The molecule has 0 saturated carbocycles. The number of thiol groups is 1. The maximum atomic E-state index is 12.8. The Bertz CT molecular complexity index is 991. The van der Waals surface area contributed by atoms with Gasteiger partial charge in [0.05, 0.1) is 6.20 Å². The van der Waals surface area contributed by atoms with Crippen molar-refractivity contribution in [2.45, 2.75) is 12.6 Å². The third kappa shape index (κ3) is 7.95. The molecule has 1 aromatic heterocycles. The molecule has 31 heavy (non-hydrogen) atoms. The van der Waals surface area contributed by atoms with E-state index in [-0.39, 0.29) is 64.9 Å². The third-order valence-corrected chi connectivity index (χ3v) is 4.60. The Labute approximate surface area is 230 Å². The second kappa shape index (κ2) is 14.0.